The molecule has 12 heavy (non-hydrogen) atoms. The van der Waals surface area contributed by atoms with Crippen LogP contribution in [-0.4, -0.2) is 12.7 Å². The van der Waals surface area contributed by atoms with E-state index in [2.05, 4.69) is 10.3 Å². The molecule has 4 nitrogen and oxygen atoms in total. The summed E-state index contributed by atoms with van der Waals surface area (Å²) in [5.74, 6) is 4.89. The number of alkyl halides is 3. The highest BCUT2D eigenvalue weighted by Crippen LogP contribution is 2.32. The maximum absolute atomic E-state index is 12.1. The van der Waals surface area contributed by atoms with Crippen LogP contribution in [-0.2, 0) is 0 Å². The maximum Gasteiger partial charge on any atom is 0.433 e. The molecule has 5 N–H and O–H groups in total. The predicted molar refractivity (Wildman–Crippen MR) is 39.1 cm³/mol. The lowest BCUT2D eigenvalue weighted by molar-refractivity contribution is -0.0971. The Bertz CT molecular complexity index is 201. The number of rotatable bonds is 2. The van der Waals surface area contributed by atoms with Gasteiger partial charge in [-0.05, 0) is 11.9 Å². The van der Waals surface area contributed by atoms with Crippen LogP contribution < -0.4 is 21.5 Å². The molecule has 1 aliphatic rings. The lowest BCUT2D eigenvalue weighted by Crippen LogP contribution is -2.30. The Morgan fingerprint density at radius 2 is 2.17 bits per heavy atom. The fourth-order valence-corrected chi connectivity index (χ4v) is 1.41. The van der Waals surface area contributed by atoms with Gasteiger partial charge >= 0.3 is 6.18 Å². The number of nitrogens with two attached hydrogens (primary N) is 1. The Balaban J connectivity index is 2.76. The molecule has 0 radical (unpaired) electrons. The molecule has 0 aromatic heterocycles. The zero-order valence-corrected chi connectivity index (χ0v) is 6.64. The van der Waals surface area contributed by atoms with E-state index in [0.29, 0.717) is 0 Å². The van der Waals surface area contributed by atoms with Crippen molar-refractivity contribution in [3.05, 3.63) is 10.6 Å². The predicted octanol–water partition coefficient (Wildman–Crippen LogP) is -0.0204. The van der Waals surface area contributed by atoms with E-state index < -0.39 is 11.9 Å². The average Bonchev–Trinajstić information content (AvgIpc) is 2.34. The van der Waals surface area contributed by atoms with E-state index in [9.17, 15) is 13.2 Å². The van der Waals surface area contributed by atoms with Gasteiger partial charge in [0.15, 0.2) is 0 Å². The molecule has 0 spiro atoms. The number of hydrogen-bond acceptors (Lipinski definition) is 5. The van der Waals surface area contributed by atoms with Crippen molar-refractivity contribution in [2.75, 3.05) is 6.54 Å². The van der Waals surface area contributed by atoms with Gasteiger partial charge in [0, 0.05) is 11.4 Å². The molecule has 8 heteroatoms. The highest BCUT2D eigenvalue weighted by atomic mass is 32.2. The Hall–Kier alpha value is -0.440. The van der Waals surface area contributed by atoms with Gasteiger partial charge in [-0.2, -0.15) is 18.0 Å². The summed E-state index contributed by atoms with van der Waals surface area (Å²) in [5.41, 5.74) is 3.37. The third kappa shape index (κ3) is 2.03. The molecule has 0 fully saturated rings. The number of nitrogens with one attached hydrogen (secondary N) is 3. The van der Waals surface area contributed by atoms with E-state index in [1.807, 2.05) is 5.43 Å². The summed E-state index contributed by atoms with van der Waals surface area (Å²) < 4.78 is 36.3. The Labute approximate surface area is 70.8 Å². The van der Waals surface area contributed by atoms with Crippen molar-refractivity contribution in [1.29, 1.82) is 0 Å². The fourth-order valence-electron chi connectivity index (χ4n) is 0.705. The van der Waals surface area contributed by atoms with Crippen LogP contribution >= 0.6 is 11.9 Å². The van der Waals surface area contributed by atoms with E-state index in [4.69, 9.17) is 5.84 Å². The maximum atomic E-state index is 12.1. The first-order valence-corrected chi connectivity index (χ1v) is 3.79. The van der Waals surface area contributed by atoms with Crippen molar-refractivity contribution < 1.29 is 13.2 Å². The molecule has 0 aliphatic carbocycles. The summed E-state index contributed by atoms with van der Waals surface area (Å²) in [6, 6.07) is 0. The van der Waals surface area contributed by atoms with Crippen LogP contribution in [0.5, 0.6) is 0 Å². The zero-order valence-electron chi connectivity index (χ0n) is 5.83. The van der Waals surface area contributed by atoms with Crippen molar-refractivity contribution in [2.24, 2.45) is 5.84 Å². The lowest BCUT2D eigenvalue weighted by Gasteiger charge is -2.08. The standard InChI is InChI=1S/C4H7F3N4S/c5-4(6,7)3-2(1-9-8)12-11-10-3/h9-11H,1,8H2. The topological polar surface area (TPSA) is 62.1 Å². The molecule has 1 heterocycles. The van der Waals surface area contributed by atoms with E-state index in [1.165, 1.54) is 0 Å². The molecular weight excluding hydrogens is 193 g/mol. The minimum absolute atomic E-state index is 0.0144. The minimum Gasteiger partial charge on any atom is -0.307 e. The van der Waals surface area contributed by atoms with Crippen molar-refractivity contribution in [1.82, 2.24) is 15.7 Å². The summed E-state index contributed by atoms with van der Waals surface area (Å²) in [5, 5.41) is 0. The van der Waals surface area contributed by atoms with Gasteiger partial charge in [-0.3, -0.25) is 11.3 Å². The molecule has 1 aliphatic heterocycles. The smallest absolute Gasteiger partial charge is 0.307 e. The van der Waals surface area contributed by atoms with Crippen LogP contribution in [0.2, 0.25) is 0 Å². The Morgan fingerprint density at radius 1 is 1.50 bits per heavy atom. The van der Waals surface area contributed by atoms with Crippen LogP contribution in [0.1, 0.15) is 0 Å². The second kappa shape index (κ2) is 3.52. The van der Waals surface area contributed by atoms with Crippen molar-refractivity contribution in [3.8, 4) is 0 Å². The van der Waals surface area contributed by atoms with Crippen molar-refractivity contribution >= 4 is 11.9 Å². The monoisotopic (exact) mass is 200 g/mol. The third-order valence-electron chi connectivity index (χ3n) is 1.18. The first kappa shape index (κ1) is 9.65. The van der Waals surface area contributed by atoms with Crippen LogP contribution in [0.3, 0.4) is 0 Å². The second-order valence-electron chi connectivity index (χ2n) is 2.01. The van der Waals surface area contributed by atoms with Crippen LogP contribution in [0.4, 0.5) is 13.2 Å². The molecule has 0 saturated heterocycles. The lowest BCUT2D eigenvalue weighted by atomic mass is 10.4. The molecule has 0 saturated carbocycles. The number of hydrogen-bond donors (Lipinski definition) is 4. The minimum atomic E-state index is -4.36. The molecule has 70 valence electrons. The van der Waals surface area contributed by atoms with E-state index >= 15 is 0 Å². The molecule has 0 aromatic rings. The van der Waals surface area contributed by atoms with Crippen molar-refractivity contribution in [3.63, 3.8) is 0 Å². The highest BCUT2D eigenvalue weighted by Gasteiger charge is 2.39. The van der Waals surface area contributed by atoms with E-state index in [-0.39, 0.29) is 11.4 Å². The third-order valence-corrected chi connectivity index (χ3v) is 1.97. The highest BCUT2D eigenvalue weighted by molar-refractivity contribution is 8.01. The van der Waals surface area contributed by atoms with Crippen LogP contribution in [0.25, 0.3) is 0 Å². The van der Waals surface area contributed by atoms with Crippen molar-refractivity contribution in [2.45, 2.75) is 6.18 Å². The summed E-state index contributed by atoms with van der Waals surface area (Å²) in [7, 11) is 0. The van der Waals surface area contributed by atoms with E-state index in [0.717, 1.165) is 11.9 Å². The Morgan fingerprint density at radius 3 is 2.67 bits per heavy atom. The SMILES string of the molecule is NNCC1=C(C(F)(F)F)NNS1. The Kier molecular flexibility index (Phi) is 2.83. The second-order valence-corrected chi connectivity index (χ2v) is 2.91. The van der Waals surface area contributed by atoms with Gasteiger partial charge in [0.2, 0.25) is 0 Å². The molecule has 0 atom stereocenters. The molecule has 0 amide bonds. The fraction of sp³-hybridized carbons (Fsp3) is 0.500. The molecule has 1 rings (SSSR count). The number of allylic oxidation sites excluding steroid dienone is 1. The summed E-state index contributed by atoms with van der Waals surface area (Å²) >= 11 is 0.858. The molecule has 0 bridgehead atoms. The molecule has 0 unspecified atom stereocenters. The van der Waals surface area contributed by atoms with Crippen LogP contribution in [0.15, 0.2) is 10.6 Å². The van der Waals surface area contributed by atoms with Gasteiger partial charge in [0.05, 0.1) is 0 Å². The number of halogens is 3. The zero-order chi connectivity index (χ0) is 9.19. The van der Waals surface area contributed by atoms with Gasteiger partial charge in [-0.1, -0.05) is 0 Å². The van der Waals surface area contributed by atoms with Gasteiger partial charge in [-0.25, -0.2) is 0 Å². The molecule has 0 aromatic carbocycles. The van der Waals surface area contributed by atoms with Crippen LogP contribution in [0, 0.1) is 0 Å². The number of hydrazine groups is 2. The van der Waals surface area contributed by atoms with Gasteiger partial charge in [-0.15, -0.1) is 0 Å². The summed E-state index contributed by atoms with van der Waals surface area (Å²) in [4.78, 5) is 2.39. The quantitative estimate of drug-likeness (QED) is 0.287. The van der Waals surface area contributed by atoms with E-state index in [1.54, 1.807) is 0 Å². The first-order valence-electron chi connectivity index (χ1n) is 2.97. The average molecular weight is 200 g/mol. The molecular formula is C4H7F3N4S. The first-order chi connectivity index (χ1) is 5.55. The normalized spacial score (nSPS) is 18.3. The largest absolute Gasteiger partial charge is 0.433 e. The van der Waals surface area contributed by atoms with Gasteiger partial charge < -0.3 is 5.43 Å². The van der Waals surface area contributed by atoms with Gasteiger partial charge in [0.1, 0.15) is 5.70 Å². The summed E-state index contributed by atoms with van der Waals surface area (Å²) in [6.07, 6.45) is -4.36. The van der Waals surface area contributed by atoms with Gasteiger partial charge in [0.25, 0.3) is 0 Å². The summed E-state index contributed by atoms with van der Waals surface area (Å²) in [6.45, 7) is -0.0144.